The first kappa shape index (κ1) is 14.7. The molecule has 0 amide bonds. The van der Waals surface area contributed by atoms with Gasteiger partial charge in [0.15, 0.2) is 0 Å². The highest BCUT2D eigenvalue weighted by atomic mass is 16.3. The third kappa shape index (κ3) is 2.72. The number of fused-ring (bicyclic) bond motifs is 1. The van der Waals surface area contributed by atoms with Crippen LogP contribution in [0, 0.1) is 0 Å². The van der Waals surface area contributed by atoms with Crippen molar-refractivity contribution in [2.45, 2.75) is 12.5 Å². The number of aliphatic hydroxyl groups is 1. The van der Waals surface area contributed by atoms with Gasteiger partial charge in [-0.15, -0.1) is 0 Å². The van der Waals surface area contributed by atoms with Crippen LogP contribution in [0.5, 0.6) is 5.75 Å². The molecule has 0 saturated heterocycles. The van der Waals surface area contributed by atoms with Gasteiger partial charge in [0.2, 0.25) is 0 Å². The Kier molecular flexibility index (Phi) is 3.68. The van der Waals surface area contributed by atoms with Gasteiger partial charge in [-0.2, -0.15) is 0 Å². The van der Waals surface area contributed by atoms with Gasteiger partial charge in [-0.25, -0.2) is 0 Å². The Morgan fingerprint density at radius 1 is 0.917 bits per heavy atom. The van der Waals surface area contributed by atoms with E-state index in [-0.39, 0.29) is 5.75 Å². The molecule has 2 aromatic carbocycles. The van der Waals surface area contributed by atoms with Crippen LogP contribution in [0.3, 0.4) is 0 Å². The van der Waals surface area contributed by atoms with E-state index < -0.39 is 6.10 Å². The Balaban J connectivity index is 1.80. The van der Waals surface area contributed by atoms with Gasteiger partial charge in [-0.3, -0.25) is 0 Å². The number of benzene rings is 2. The Hall–Kier alpha value is -2.84. The van der Waals surface area contributed by atoms with E-state index in [1.165, 1.54) is 11.1 Å². The topological polar surface area (TPSA) is 40.5 Å². The molecule has 0 fully saturated rings. The zero-order chi connectivity index (χ0) is 16.5. The van der Waals surface area contributed by atoms with Crippen LogP contribution in [0.2, 0.25) is 0 Å². The summed E-state index contributed by atoms with van der Waals surface area (Å²) in [6, 6.07) is 17.6. The molecular weight excluding hydrogens is 296 g/mol. The fourth-order valence-electron chi connectivity index (χ4n) is 3.32. The number of allylic oxidation sites excluding steroid dienone is 6. The van der Waals surface area contributed by atoms with E-state index in [2.05, 4.69) is 18.2 Å². The van der Waals surface area contributed by atoms with Crippen LogP contribution < -0.4 is 0 Å². The van der Waals surface area contributed by atoms with E-state index in [4.69, 9.17) is 0 Å². The first-order valence-corrected chi connectivity index (χ1v) is 8.08. The van der Waals surface area contributed by atoms with E-state index in [9.17, 15) is 10.2 Å². The highest BCUT2D eigenvalue weighted by molar-refractivity contribution is 5.93. The summed E-state index contributed by atoms with van der Waals surface area (Å²) in [5, 5.41) is 19.5. The summed E-state index contributed by atoms with van der Waals surface area (Å²) in [6.07, 6.45) is 8.16. The maximum atomic E-state index is 9.99. The monoisotopic (exact) mass is 314 g/mol. The lowest BCUT2D eigenvalue weighted by Crippen LogP contribution is -2.05. The normalized spacial score (nSPS) is 19.1. The minimum Gasteiger partial charge on any atom is -0.508 e. The Morgan fingerprint density at radius 3 is 2.42 bits per heavy atom. The van der Waals surface area contributed by atoms with Crippen LogP contribution in [0.15, 0.2) is 95.6 Å². The summed E-state index contributed by atoms with van der Waals surface area (Å²) in [6.45, 7) is 0. The third-order valence-electron chi connectivity index (χ3n) is 4.43. The number of hydrogen-bond acceptors (Lipinski definition) is 2. The van der Waals surface area contributed by atoms with E-state index in [1.807, 2.05) is 42.5 Å². The zero-order valence-electron chi connectivity index (χ0n) is 13.2. The molecule has 2 heteroatoms. The van der Waals surface area contributed by atoms with Crippen LogP contribution in [-0.4, -0.2) is 16.3 Å². The van der Waals surface area contributed by atoms with Gasteiger partial charge in [0.25, 0.3) is 0 Å². The molecule has 4 rings (SSSR count). The van der Waals surface area contributed by atoms with Gasteiger partial charge < -0.3 is 10.2 Å². The molecule has 0 heterocycles. The third-order valence-corrected chi connectivity index (χ3v) is 4.43. The van der Waals surface area contributed by atoms with Crippen molar-refractivity contribution < 1.29 is 10.2 Å². The molecule has 0 bridgehead atoms. The fourth-order valence-corrected chi connectivity index (χ4v) is 3.32. The molecule has 2 aromatic rings. The van der Waals surface area contributed by atoms with Gasteiger partial charge in [0.05, 0.1) is 6.10 Å². The number of rotatable bonds is 3. The molecule has 2 aliphatic carbocycles. The predicted octanol–water partition coefficient (Wildman–Crippen LogP) is 4.19. The molecule has 0 spiro atoms. The van der Waals surface area contributed by atoms with Crippen LogP contribution in [0.25, 0.3) is 5.57 Å². The average molecular weight is 314 g/mol. The Labute approximate surface area is 141 Å². The quantitative estimate of drug-likeness (QED) is 0.892. The Morgan fingerprint density at radius 2 is 1.67 bits per heavy atom. The number of phenols is 1. The molecule has 0 aliphatic heterocycles. The van der Waals surface area contributed by atoms with Crippen LogP contribution in [0.4, 0.5) is 0 Å². The maximum absolute atomic E-state index is 9.99. The van der Waals surface area contributed by atoms with E-state index in [1.54, 1.807) is 18.2 Å². The summed E-state index contributed by atoms with van der Waals surface area (Å²) >= 11 is 0. The molecule has 24 heavy (non-hydrogen) atoms. The first-order chi connectivity index (χ1) is 11.7. The van der Waals surface area contributed by atoms with Gasteiger partial charge in [0, 0.05) is 0 Å². The molecule has 0 radical (unpaired) electrons. The van der Waals surface area contributed by atoms with Crippen molar-refractivity contribution in [1.82, 2.24) is 0 Å². The molecule has 0 aromatic heterocycles. The average Bonchev–Trinajstić information content (AvgIpc) is 2.95. The summed E-state index contributed by atoms with van der Waals surface area (Å²) in [5.74, 6) is 0.281. The summed E-state index contributed by atoms with van der Waals surface area (Å²) in [5.41, 5.74) is 6.97. The van der Waals surface area contributed by atoms with E-state index in [0.717, 1.165) is 28.7 Å². The van der Waals surface area contributed by atoms with Crippen LogP contribution >= 0.6 is 0 Å². The van der Waals surface area contributed by atoms with Gasteiger partial charge in [0.1, 0.15) is 5.75 Å². The molecular formula is C22H18O2. The highest BCUT2D eigenvalue weighted by Gasteiger charge is 2.24. The number of aliphatic hydroxyl groups excluding tert-OH is 1. The molecule has 0 saturated carbocycles. The predicted molar refractivity (Wildman–Crippen MR) is 96.5 cm³/mol. The van der Waals surface area contributed by atoms with Crippen LogP contribution in [0.1, 0.15) is 11.1 Å². The van der Waals surface area contributed by atoms with Crippen molar-refractivity contribution in [2.24, 2.45) is 0 Å². The van der Waals surface area contributed by atoms with Crippen molar-refractivity contribution in [1.29, 1.82) is 0 Å². The van der Waals surface area contributed by atoms with Crippen molar-refractivity contribution >= 4 is 5.57 Å². The lowest BCUT2D eigenvalue weighted by atomic mass is 9.90. The lowest BCUT2D eigenvalue weighted by Gasteiger charge is -2.15. The van der Waals surface area contributed by atoms with Crippen LogP contribution in [-0.2, 0) is 6.42 Å². The zero-order valence-corrected chi connectivity index (χ0v) is 13.2. The second-order valence-electron chi connectivity index (χ2n) is 6.14. The summed E-state index contributed by atoms with van der Waals surface area (Å²) in [4.78, 5) is 0. The summed E-state index contributed by atoms with van der Waals surface area (Å²) < 4.78 is 0. The van der Waals surface area contributed by atoms with Gasteiger partial charge in [-0.05, 0) is 58.0 Å². The molecule has 118 valence electrons. The molecule has 1 atom stereocenters. The molecule has 2 aliphatic rings. The largest absolute Gasteiger partial charge is 0.508 e. The molecule has 2 nitrogen and oxygen atoms in total. The molecule has 1 unspecified atom stereocenters. The first-order valence-electron chi connectivity index (χ1n) is 8.08. The molecule has 2 N–H and O–H groups in total. The second-order valence-corrected chi connectivity index (χ2v) is 6.14. The van der Waals surface area contributed by atoms with Crippen molar-refractivity contribution in [3.05, 3.63) is 107 Å². The maximum Gasteiger partial charge on any atom is 0.115 e. The fraction of sp³-hybridized carbons (Fsp3) is 0.0909. The SMILES string of the molecule is Oc1ccc(CC2=C(c3ccccc3)C3=CC(O)C=CC3=C2)cc1. The minimum absolute atomic E-state index is 0.281. The van der Waals surface area contributed by atoms with Crippen molar-refractivity contribution in [2.75, 3.05) is 0 Å². The van der Waals surface area contributed by atoms with Crippen molar-refractivity contribution in [3.63, 3.8) is 0 Å². The minimum atomic E-state index is -0.538. The second kappa shape index (κ2) is 5.99. The number of hydrogen-bond donors (Lipinski definition) is 2. The van der Waals surface area contributed by atoms with Crippen molar-refractivity contribution in [3.8, 4) is 5.75 Å². The lowest BCUT2D eigenvalue weighted by molar-refractivity contribution is 0.270. The summed E-state index contributed by atoms with van der Waals surface area (Å²) in [7, 11) is 0. The van der Waals surface area contributed by atoms with Gasteiger partial charge >= 0.3 is 0 Å². The van der Waals surface area contributed by atoms with Gasteiger partial charge in [-0.1, -0.05) is 60.7 Å². The van der Waals surface area contributed by atoms with E-state index >= 15 is 0 Å². The smallest absolute Gasteiger partial charge is 0.115 e. The van der Waals surface area contributed by atoms with E-state index in [0.29, 0.717) is 0 Å². The number of aromatic hydroxyl groups is 1. The Bertz CT molecular complexity index is 881. The highest BCUT2D eigenvalue weighted by Crippen LogP contribution is 2.41. The standard InChI is InChI=1S/C22H18O2/c23-19-9-6-15(7-10-19)12-18-13-17-8-11-20(24)14-21(17)22(18)16-4-2-1-3-5-16/h1-11,13-14,20,23-24H,12H2. The number of phenolic OH excluding ortho intramolecular Hbond substituents is 1.